The molecule has 0 N–H and O–H groups in total. The Bertz CT molecular complexity index is 1020. The summed E-state index contributed by atoms with van der Waals surface area (Å²) in [6, 6.07) is 14.9. The van der Waals surface area contributed by atoms with Gasteiger partial charge in [-0.3, -0.25) is 0 Å². The smallest absolute Gasteiger partial charge is 0.243 e. The maximum Gasteiger partial charge on any atom is 0.268 e. The molecule has 0 atom stereocenters. The van der Waals surface area contributed by atoms with E-state index in [-0.39, 0.29) is 0 Å². The first kappa shape index (κ1) is 16.1. The molecular weight excluding hydrogens is 435 g/mol. The molecule has 4 nitrogen and oxygen atoms in total. The topological polar surface area (TPSA) is 42.3 Å². The molecule has 0 amide bonds. The van der Waals surface area contributed by atoms with Crippen LogP contribution in [0.4, 0.5) is 0 Å². The summed E-state index contributed by atoms with van der Waals surface area (Å²) in [6.07, 6.45) is 0.734. The third-order valence-corrected chi connectivity index (χ3v) is 7.11. The molecule has 4 rings (SSSR count). The predicted molar refractivity (Wildman–Crippen MR) is 104 cm³/mol. The number of hydrogen-bond acceptors (Lipinski definition) is 3. The van der Waals surface area contributed by atoms with Crippen molar-refractivity contribution in [2.75, 3.05) is 6.54 Å². The van der Waals surface area contributed by atoms with Gasteiger partial charge in [-0.2, -0.15) is 0 Å². The minimum Gasteiger partial charge on any atom is -0.243 e. The van der Waals surface area contributed by atoms with Crippen LogP contribution in [0.2, 0.25) is 0 Å². The maximum atomic E-state index is 13.3. The predicted octanol–water partition coefficient (Wildman–Crippen LogP) is 3.89. The summed E-state index contributed by atoms with van der Waals surface area (Å²) in [6.45, 7) is 3.58. The quantitative estimate of drug-likeness (QED) is 0.438. The zero-order valence-electron chi connectivity index (χ0n) is 13.2. The highest BCUT2D eigenvalue weighted by atomic mass is 127. The van der Waals surface area contributed by atoms with Gasteiger partial charge in [0.05, 0.1) is 10.4 Å². The number of benzene rings is 2. The Balaban J connectivity index is 2.02. The molecule has 0 aliphatic carbocycles. The third kappa shape index (κ3) is 2.48. The Hall–Kier alpha value is -1.38. The molecule has 0 fully saturated rings. The van der Waals surface area contributed by atoms with Crippen LogP contribution in [-0.4, -0.2) is 22.0 Å². The molecule has 0 saturated carbocycles. The van der Waals surface area contributed by atoms with Gasteiger partial charge in [-0.05, 0) is 30.7 Å². The Morgan fingerprint density at radius 1 is 1.04 bits per heavy atom. The number of fused-ring (bicyclic) bond motifs is 3. The van der Waals surface area contributed by atoms with Crippen molar-refractivity contribution in [3.63, 3.8) is 0 Å². The molecule has 1 aliphatic heterocycles. The molecular formula is C18H17IN2O2S. The van der Waals surface area contributed by atoms with Gasteiger partial charge in [0.2, 0.25) is 0 Å². The summed E-state index contributed by atoms with van der Waals surface area (Å²) in [5.74, 6) is 0. The van der Waals surface area contributed by atoms with Crippen LogP contribution >= 0.6 is 22.9 Å². The molecule has 1 aliphatic rings. The van der Waals surface area contributed by atoms with Crippen LogP contribution in [0.25, 0.3) is 10.9 Å². The van der Waals surface area contributed by atoms with Crippen LogP contribution in [0, 0.1) is 6.92 Å². The largest absolute Gasteiger partial charge is 0.268 e. The van der Waals surface area contributed by atoms with Gasteiger partial charge in [-0.1, -0.05) is 35.9 Å². The molecule has 124 valence electrons. The van der Waals surface area contributed by atoms with Crippen molar-refractivity contribution in [1.82, 2.24) is 7.09 Å². The maximum absolute atomic E-state index is 13.3. The van der Waals surface area contributed by atoms with E-state index in [1.54, 1.807) is 16.1 Å². The van der Waals surface area contributed by atoms with Crippen molar-refractivity contribution in [3.05, 3.63) is 65.4 Å². The number of rotatable bonds is 2. The van der Waals surface area contributed by atoms with Crippen LogP contribution < -0.4 is 0 Å². The van der Waals surface area contributed by atoms with Crippen LogP contribution in [0.15, 0.2) is 53.4 Å². The van der Waals surface area contributed by atoms with Crippen LogP contribution in [0.3, 0.4) is 0 Å². The van der Waals surface area contributed by atoms with Gasteiger partial charge >= 0.3 is 0 Å². The first-order valence-electron chi connectivity index (χ1n) is 7.82. The van der Waals surface area contributed by atoms with Gasteiger partial charge in [0.15, 0.2) is 0 Å². The standard InChI is InChI=1S/C18H17IN2O2S/c1-13-6-8-14(9-7-13)24(22,23)21-17-5-3-2-4-15(17)16-12-20(19)11-10-18(16)21/h2-9H,10-12H2,1H3. The second-order valence-corrected chi connectivity index (χ2v) is 9.27. The zero-order valence-corrected chi connectivity index (χ0v) is 16.2. The fourth-order valence-electron chi connectivity index (χ4n) is 3.33. The van der Waals surface area contributed by atoms with Crippen molar-refractivity contribution < 1.29 is 8.42 Å². The Kier molecular flexibility index (Phi) is 3.93. The Morgan fingerprint density at radius 3 is 2.50 bits per heavy atom. The van der Waals surface area contributed by atoms with Crippen LogP contribution in [0.1, 0.15) is 16.8 Å². The van der Waals surface area contributed by atoms with Gasteiger partial charge < -0.3 is 0 Å². The van der Waals surface area contributed by atoms with E-state index in [1.807, 2.05) is 43.3 Å². The molecule has 3 aromatic rings. The highest BCUT2D eigenvalue weighted by Gasteiger charge is 2.29. The molecule has 0 unspecified atom stereocenters. The van der Waals surface area contributed by atoms with E-state index in [4.69, 9.17) is 0 Å². The van der Waals surface area contributed by atoms with E-state index in [9.17, 15) is 8.42 Å². The number of para-hydroxylation sites is 1. The number of hydrogen-bond donors (Lipinski definition) is 0. The van der Waals surface area contributed by atoms with E-state index in [2.05, 4.69) is 26.0 Å². The van der Waals surface area contributed by atoms with Crippen LogP contribution in [0.5, 0.6) is 0 Å². The van der Waals surface area contributed by atoms with Crippen molar-refractivity contribution in [2.24, 2.45) is 0 Å². The lowest BCUT2D eigenvalue weighted by Gasteiger charge is -2.22. The average molecular weight is 452 g/mol. The zero-order chi connectivity index (χ0) is 16.9. The van der Waals surface area contributed by atoms with Crippen molar-refractivity contribution in [1.29, 1.82) is 0 Å². The van der Waals surface area contributed by atoms with Gasteiger partial charge in [-0.25, -0.2) is 15.5 Å². The summed E-state index contributed by atoms with van der Waals surface area (Å²) in [7, 11) is -3.60. The molecule has 0 spiro atoms. The van der Waals surface area contributed by atoms with E-state index >= 15 is 0 Å². The molecule has 1 aromatic heterocycles. The van der Waals surface area contributed by atoms with E-state index < -0.39 is 10.0 Å². The SMILES string of the molecule is Cc1ccc(S(=O)(=O)n2c3c(c4ccccc42)CN(I)CC3)cc1. The van der Waals surface area contributed by atoms with Gasteiger partial charge in [0.1, 0.15) is 0 Å². The summed E-state index contributed by atoms with van der Waals surface area (Å²) >= 11 is 2.31. The summed E-state index contributed by atoms with van der Waals surface area (Å²) in [5.41, 5.74) is 3.87. The monoisotopic (exact) mass is 452 g/mol. The van der Waals surface area contributed by atoms with Crippen molar-refractivity contribution in [3.8, 4) is 0 Å². The lowest BCUT2D eigenvalue weighted by atomic mass is 10.1. The van der Waals surface area contributed by atoms with Gasteiger partial charge in [0.25, 0.3) is 10.0 Å². The highest BCUT2D eigenvalue weighted by Crippen LogP contribution is 2.34. The van der Waals surface area contributed by atoms with E-state index in [0.717, 1.165) is 47.2 Å². The molecule has 24 heavy (non-hydrogen) atoms. The number of aryl methyl sites for hydroxylation is 1. The van der Waals surface area contributed by atoms with E-state index in [1.165, 1.54) is 0 Å². The molecule has 2 heterocycles. The average Bonchev–Trinajstić information content (AvgIpc) is 2.90. The first-order chi connectivity index (χ1) is 11.5. The Morgan fingerprint density at radius 2 is 1.75 bits per heavy atom. The van der Waals surface area contributed by atoms with E-state index in [0.29, 0.717) is 4.90 Å². The molecule has 2 aromatic carbocycles. The van der Waals surface area contributed by atoms with Gasteiger partial charge in [0, 0.05) is 53.5 Å². The van der Waals surface area contributed by atoms with Gasteiger partial charge in [-0.15, -0.1) is 0 Å². The fraction of sp³-hybridized carbons (Fsp3) is 0.222. The minimum absolute atomic E-state index is 0.341. The third-order valence-electron chi connectivity index (χ3n) is 4.52. The van der Waals surface area contributed by atoms with Crippen LogP contribution in [-0.2, 0) is 23.0 Å². The highest BCUT2D eigenvalue weighted by molar-refractivity contribution is 14.1. The molecule has 0 saturated heterocycles. The first-order valence-corrected chi connectivity index (χ1v) is 10.2. The number of aromatic nitrogens is 1. The molecule has 0 bridgehead atoms. The lowest BCUT2D eigenvalue weighted by Crippen LogP contribution is -2.25. The molecule has 6 heteroatoms. The second-order valence-electron chi connectivity index (χ2n) is 6.12. The second kappa shape index (κ2) is 5.86. The fourth-order valence-corrected chi connectivity index (χ4v) is 5.51. The normalized spacial score (nSPS) is 15.6. The summed E-state index contributed by atoms with van der Waals surface area (Å²) in [5, 5.41) is 1.03. The summed E-state index contributed by atoms with van der Waals surface area (Å²) in [4.78, 5) is 0.341. The number of nitrogens with zero attached hydrogens (tertiary/aromatic N) is 2. The summed E-state index contributed by atoms with van der Waals surface area (Å²) < 4.78 is 30.4. The molecule has 0 radical (unpaired) electrons. The minimum atomic E-state index is -3.60. The van der Waals surface area contributed by atoms with Crippen molar-refractivity contribution >= 4 is 43.8 Å². The Labute approximate surface area is 155 Å². The lowest BCUT2D eigenvalue weighted by molar-refractivity contribution is 0.476. The number of halogens is 1. The van der Waals surface area contributed by atoms with Crippen molar-refractivity contribution in [2.45, 2.75) is 24.8 Å².